The summed E-state index contributed by atoms with van der Waals surface area (Å²) < 4.78 is -1.76. The van der Waals surface area contributed by atoms with Crippen LogP contribution in [0.25, 0.3) is 10.8 Å². The van der Waals surface area contributed by atoms with Crippen LogP contribution in [0, 0.1) is 0 Å². The van der Waals surface area contributed by atoms with E-state index in [0.717, 1.165) is 22.0 Å². The van der Waals surface area contributed by atoms with Gasteiger partial charge in [-0.15, -0.1) is 5.48 Å². The molecule has 0 aliphatic rings. The van der Waals surface area contributed by atoms with Crippen molar-refractivity contribution >= 4 is 57.2 Å². The summed E-state index contributed by atoms with van der Waals surface area (Å²) >= 11 is 18.2. The number of benzene rings is 3. The summed E-state index contributed by atoms with van der Waals surface area (Å²) in [7, 11) is 0. The van der Waals surface area contributed by atoms with Crippen LogP contribution in [0.4, 0.5) is 5.69 Å². The van der Waals surface area contributed by atoms with Gasteiger partial charge in [-0.25, -0.2) is 0 Å². The highest BCUT2D eigenvalue weighted by atomic mass is 35.6. The molecule has 0 fully saturated rings. The average molecular weight is 424 g/mol. The van der Waals surface area contributed by atoms with Crippen LogP contribution in [0.15, 0.2) is 72.8 Å². The van der Waals surface area contributed by atoms with Gasteiger partial charge in [-0.3, -0.25) is 4.79 Å². The molecule has 0 aromatic heterocycles. The lowest BCUT2D eigenvalue weighted by Gasteiger charge is -2.27. The molecule has 0 aliphatic heterocycles. The van der Waals surface area contributed by atoms with E-state index in [1.807, 2.05) is 72.8 Å². The average Bonchev–Trinajstić information content (AvgIpc) is 2.65. The number of fused-ring (bicyclic) bond motifs is 1. The molecule has 1 unspecified atom stereocenters. The van der Waals surface area contributed by atoms with Crippen LogP contribution >= 0.6 is 34.8 Å². The first-order valence-electron chi connectivity index (χ1n) is 8.23. The van der Waals surface area contributed by atoms with Crippen molar-refractivity contribution in [1.82, 2.24) is 5.48 Å². The van der Waals surface area contributed by atoms with Gasteiger partial charge in [0, 0.05) is 11.1 Å². The third-order valence-corrected chi connectivity index (χ3v) is 4.55. The zero-order valence-corrected chi connectivity index (χ0v) is 16.4. The van der Waals surface area contributed by atoms with Crippen LogP contribution in [-0.4, -0.2) is 15.9 Å². The van der Waals surface area contributed by atoms with Crippen LogP contribution in [0.2, 0.25) is 0 Å². The van der Waals surface area contributed by atoms with E-state index in [9.17, 15) is 4.79 Å². The zero-order chi connectivity index (χ0) is 19.3. The van der Waals surface area contributed by atoms with Crippen molar-refractivity contribution in [2.45, 2.75) is 16.4 Å². The monoisotopic (exact) mass is 422 g/mol. The van der Waals surface area contributed by atoms with Gasteiger partial charge >= 0.3 is 5.97 Å². The standard InChI is InChI=1S/C20H17Cl3N2O2/c21-20(22,23)19(25-27-18(26)13-14-7-2-1-3-8-14)24-17-12-6-10-15-9-4-5-11-16(15)17/h1-12,19,24-25H,13H2. The fraction of sp³-hybridized carbons (Fsp3) is 0.150. The number of alkyl halides is 3. The number of rotatable bonds is 6. The fourth-order valence-electron chi connectivity index (χ4n) is 2.61. The Morgan fingerprint density at radius 1 is 0.926 bits per heavy atom. The molecule has 4 nitrogen and oxygen atoms in total. The molecule has 7 heteroatoms. The summed E-state index contributed by atoms with van der Waals surface area (Å²) in [5.74, 6) is -0.486. The van der Waals surface area contributed by atoms with Gasteiger partial charge in [0.05, 0.1) is 6.42 Å². The number of nitrogens with one attached hydrogen (secondary N) is 2. The largest absolute Gasteiger partial charge is 0.368 e. The Bertz CT molecular complexity index is 908. The van der Waals surface area contributed by atoms with Crippen molar-refractivity contribution in [3.63, 3.8) is 0 Å². The van der Waals surface area contributed by atoms with Gasteiger partial charge in [-0.1, -0.05) is 102 Å². The summed E-state index contributed by atoms with van der Waals surface area (Å²) in [4.78, 5) is 17.2. The first kappa shape index (κ1) is 19.8. The molecule has 140 valence electrons. The molecule has 3 aromatic carbocycles. The van der Waals surface area contributed by atoms with Gasteiger partial charge in [0.15, 0.2) is 6.17 Å². The molecule has 2 N–H and O–H groups in total. The predicted octanol–water partition coefficient (Wildman–Crippen LogP) is 5.24. The molecule has 0 bridgehead atoms. The summed E-state index contributed by atoms with van der Waals surface area (Å²) in [6, 6.07) is 22.8. The highest BCUT2D eigenvalue weighted by Crippen LogP contribution is 2.33. The molecule has 0 saturated heterocycles. The molecular formula is C20H17Cl3N2O2. The van der Waals surface area contributed by atoms with Gasteiger partial charge < -0.3 is 10.2 Å². The molecule has 0 heterocycles. The molecule has 0 spiro atoms. The van der Waals surface area contributed by atoms with Crippen molar-refractivity contribution in [3.8, 4) is 0 Å². The Labute approximate surface area is 172 Å². The van der Waals surface area contributed by atoms with Crippen molar-refractivity contribution in [1.29, 1.82) is 0 Å². The van der Waals surface area contributed by atoms with Gasteiger partial charge in [0.25, 0.3) is 0 Å². The number of hydrogen-bond donors (Lipinski definition) is 2. The summed E-state index contributed by atoms with van der Waals surface area (Å²) in [5.41, 5.74) is 4.11. The number of carbonyl (C=O) groups is 1. The van der Waals surface area contributed by atoms with E-state index in [1.165, 1.54) is 0 Å². The van der Waals surface area contributed by atoms with Crippen LogP contribution in [-0.2, 0) is 16.1 Å². The quantitative estimate of drug-likeness (QED) is 0.323. The van der Waals surface area contributed by atoms with Crippen LogP contribution in [0.3, 0.4) is 0 Å². The van der Waals surface area contributed by atoms with E-state index in [1.54, 1.807) is 0 Å². The van der Waals surface area contributed by atoms with Crippen LogP contribution in [0.5, 0.6) is 0 Å². The number of hydroxylamine groups is 1. The molecule has 27 heavy (non-hydrogen) atoms. The minimum Gasteiger partial charge on any atom is -0.368 e. The normalized spacial score (nSPS) is 12.6. The summed E-state index contributed by atoms with van der Waals surface area (Å²) in [6.07, 6.45) is -0.845. The maximum absolute atomic E-state index is 12.1. The molecule has 0 radical (unpaired) electrons. The lowest BCUT2D eigenvalue weighted by molar-refractivity contribution is -0.151. The number of carbonyl (C=O) groups excluding carboxylic acids is 1. The molecular weight excluding hydrogens is 407 g/mol. The first-order valence-corrected chi connectivity index (χ1v) is 9.37. The van der Waals surface area contributed by atoms with Crippen LogP contribution in [0.1, 0.15) is 5.56 Å². The lowest BCUT2D eigenvalue weighted by atomic mass is 10.1. The Hall–Kier alpha value is -1.98. The Kier molecular flexibility index (Phi) is 6.45. The molecule has 1 atom stereocenters. The van der Waals surface area contributed by atoms with Crippen molar-refractivity contribution in [3.05, 3.63) is 78.4 Å². The Balaban J connectivity index is 1.70. The smallest absolute Gasteiger partial charge is 0.329 e. The third-order valence-electron chi connectivity index (χ3n) is 3.90. The van der Waals surface area contributed by atoms with Crippen molar-refractivity contribution in [2.75, 3.05) is 5.32 Å². The maximum Gasteiger partial charge on any atom is 0.329 e. The van der Waals surface area contributed by atoms with Crippen molar-refractivity contribution in [2.24, 2.45) is 0 Å². The number of halogens is 3. The van der Waals surface area contributed by atoms with Crippen molar-refractivity contribution < 1.29 is 9.63 Å². The Morgan fingerprint density at radius 3 is 2.33 bits per heavy atom. The van der Waals surface area contributed by atoms with Gasteiger partial charge in [-0.2, -0.15) is 0 Å². The molecule has 0 saturated carbocycles. The van der Waals surface area contributed by atoms with Crippen LogP contribution < -0.4 is 10.8 Å². The highest BCUT2D eigenvalue weighted by Gasteiger charge is 2.34. The van der Waals surface area contributed by atoms with E-state index in [0.29, 0.717) is 0 Å². The second-order valence-electron chi connectivity index (χ2n) is 5.90. The molecule has 3 rings (SSSR count). The summed E-state index contributed by atoms with van der Waals surface area (Å²) in [5, 5.41) is 5.09. The molecule has 3 aromatic rings. The second kappa shape index (κ2) is 8.81. The van der Waals surface area contributed by atoms with E-state index in [4.69, 9.17) is 39.6 Å². The van der Waals surface area contributed by atoms with E-state index in [2.05, 4.69) is 10.8 Å². The lowest BCUT2D eigenvalue weighted by Crippen LogP contribution is -2.47. The Morgan fingerprint density at radius 2 is 1.59 bits per heavy atom. The number of anilines is 1. The molecule has 0 amide bonds. The van der Waals surface area contributed by atoms with Gasteiger partial charge in [0.2, 0.25) is 3.79 Å². The zero-order valence-electron chi connectivity index (χ0n) is 14.2. The molecule has 0 aliphatic carbocycles. The minimum atomic E-state index is -1.76. The van der Waals surface area contributed by atoms with E-state index < -0.39 is 15.9 Å². The van der Waals surface area contributed by atoms with Gasteiger partial charge in [-0.05, 0) is 17.0 Å². The van der Waals surface area contributed by atoms with Gasteiger partial charge in [0.1, 0.15) is 0 Å². The topological polar surface area (TPSA) is 50.4 Å². The maximum atomic E-state index is 12.1. The second-order valence-corrected chi connectivity index (χ2v) is 8.27. The first-order chi connectivity index (χ1) is 12.9. The predicted molar refractivity (Wildman–Crippen MR) is 111 cm³/mol. The fourth-order valence-corrected chi connectivity index (χ4v) is 2.91. The third kappa shape index (κ3) is 5.50. The SMILES string of the molecule is O=C(Cc1ccccc1)ONC(Nc1cccc2ccccc12)C(Cl)(Cl)Cl. The van der Waals surface area contributed by atoms with E-state index >= 15 is 0 Å². The van der Waals surface area contributed by atoms with E-state index in [-0.39, 0.29) is 6.42 Å². The number of hydrogen-bond acceptors (Lipinski definition) is 4. The minimum absolute atomic E-state index is 0.106. The summed E-state index contributed by atoms with van der Waals surface area (Å²) in [6.45, 7) is 0. The highest BCUT2D eigenvalue weighted by molar-refractivity contribution is 6.68.